The molecule has 2 aliphatic heterocycles. The van der Waals surface area contributed by atoms with E-state index >= 15 is 0 Å². The molecule has 0 spiro atoms. The highest BCUT2D eigenvalue weighted by Gasteiger charge is 2.30. The second-order valence-corrected chi connectivity index (χ2v) is 6.13. The van der Waals surface area contributed by atoms with Crippen molar-refractivity contribution in [2.24, 2.45) is 5.10 Å². The van der Waals surface area contributed by atoms with Gasteiger partial charge in [0.25, 0.3) is 0 Å². The van der Waals surface area contributed by atoms with E-state index in [0.717, 1.165) is 45.1 Å². The highest BCUT2D eigenvalue weighted by atomic mass is 16.5. The van der Waals surface area contributed by atoms with Gasteiger partial charge in [-0.25, -0.2) is 4.98 Å². The minimum Gasteiger partial charge on any atom is -0.396 e. The molecule has 1 atom stereocenters. The number of pyridine rings is 1. The van der Waals surface area contributed by atoms with E-state index in [1.54, 1.807) is 18.3 Å². The maximum absolute atomic E-state index is 8.96. The lowest BCUT2D eigenvalue weighted by molar-refractivity contribution is -0.872. The molecule has 0 radical (unpaired) electrons. The summed E-state index contributed by atoms with van der Waals surface area (Å²) in [5.74, 6) is 6.12. The Morgan fingerprint density at radius 1 is 1.32 bits per heavy atom. The van der Waals surface area contributed by atoms with Gasteiger partial charge in [-0.15, -0.1) is 0 Å². The van der Waals surface area contributed by atoms with Crippen molar-refractivity contribution in [2.75, 3.05) is 52.2 Å². The van der Waals surface area contributed by atoms with Crippen molar-refractivity contribution in [2.45, 2.75) is 0 Å². The topological polar surface area (TPSA) is 87.5 Å². The molecule has 1 aromatic rings. The Kier molecular flexibility index (Phi) is 5.11. The molecule has 1 fully saturated rings. The zero-order valence-corrected chi connectivity index (χ0v) is 14.3. The minimum absolute atomic E-state index is 0.305. The number of nitrogens with zero attached hydrogens (tertiary/aromatic N) is 5. The Labute approximate surface area is 147 Å². The summed E-state index contributed by atoms with van der Waals surface area (Å²) in [5, 5.41) is 13.5. The van der Waals surface area contributed by atoms with Crippen LogP contribution in [0.4, 0.5) is 5.69 Å². The van der Waals surface area contributed by atoms with E-state index in [4.69, 9.17) is 15.7 Å². The van der Waals surface area contributed by atoms with Crippen LogP contribution in [-0.4, -0.2) is 67.1 Å². The molecule has 0 aromatic carbocycles. The highest BCUT2D eigenvalue weighted by molar-refractivity contribution is 5.74. The molecule has 0 amide bonds. The summed E-state index contributed by atoms with van der Waals surface area (Å²) in [6.07, 6.45) is 3.70. The number of aromatic nitrogens is 1. The molecule has 2 N–H and O–H groups in total. The second-order valence-electron chi connectivity index (χ2n) is 6.13. The third kappa shape index (κ3) is 4.04. The van der Waals surface area contributed by atoms with Crippen LogP contribution in [0.1, 0.15) is 11.4 Å². The third-order valence-electron chi connectivity index (χ3n) is 4.38. The molecule has 1 unspecified atom stereocenters. The zero-order chi connectivity index (χ0) is 17.7. The molecule has 0 bridgehead atoms. The number of nitrogens with two attached hydrogens (primary N) is 1. The molecule has 1 aromatic heterocycles. The van der Waals surface area contributed by atoms with Crippen LogP contribution in [0.5, 0.6) is 0 Å². The van der Waals surface area contributed by atoms with Gasteiger partial charge < -0.3 is 10.5 Å². The first kappa shape index (κ1) is 17.1. The molecule has 7 nitrogen and oxygen atoms in total. The fraction of sp³-hybridized carbons (Fsp3) is 0.389. The van der Waals surface area contributed by atoms with Crippen LogP contribution in [0.25, 0.3) is 0 Å². The Morgan fingerprint density at radius 2 is 2.12 bits per heavy atom. The standard InChI is InChI=1S/C18H21N6O/c1-24(11-8-23-9-12-25-13-10-23)16(6-7-21-24)3-5-18-17(20)4-2-15(14-19)22-18/h2,4,6-7H,8-13,20H2,1H3/q+1. The van der Waals surface area contributed by atoms with Crippen LogP contribution in [0.3, 0.4) is 0 Å². The predicted molar refractivity (Wildman–Crippen MR) is 95.1 cm³/mol. The Hall–Kier alpha value is -2.71. The molecule has 0 aliphatic carbocycles. The van der Waals surface area contributed by atoms with Crippen molar-refractivity contribution >= 4 is 11.9 Å². The Balaban J connectivity index is 1.71. The van der Waals surface area contributed by atoms with E-state index in [2.05, 4.69) is 26.8 Å². The van der Waals surface area contributed by atoms with Crippen molar-refractivity contribution in [3.8, 4) is 17.9 Å². The average molecular weight is 337 g/mol. The van der Waals surface area contributed by atoms with Gasteiger partial charge in [0.1, 0.15) is 24.0 Å². The minimum atomic E-state index is 0.305. The summed E-state index contributed by atoms with van der Waals surface area (Å²) in [6, 6.07) is 5.24. The smallest absolute Gasteiger partial charge is 0.212 e. The number of rotatable bonds is 3. The van der Waals surface area contributed by atoms with Gasteiger partial charge in [0.05, 0.1) is 38.7 Å². The normalized spacial score (nSPS) is 22.8. The van der Waals surface area contributed by atoms with E-state index in [9.17, 15) is 0 Å². The fourth-order valence-corrected chi connectivity index (χ4v) is 2.73. The van der Waals surface area contributed by atoms with E-state index in [1.807, 2.05) is 19.2 Å². The van der Waals surface area contributed by atoms with Crippen LogP contribution < -0.4 is 5.73 Å². The Bertz CT molecular complexity index is 807. The van der Waals surface area contributed by atoms with E-state index < -0.39 is 0 Å². The van der Waals surface area contributed by atoms with Crippen molar-refractivity contribution in [3.05, 3.63) is 35.3 Å². The number of morpholine rings is 1. The number of hydrogen-bond acceptors (Lipinski definition) is 6. The van der Waals surface area contributed by atoms with Crippen LogP contribution in [-0.2, 0) is 4.74 Å². The van der Waals surface area contributed by atoms with E-state index in [1.165, 1.54) is 0 Å². The number of hydrogen-bond donors (Lipinski definition) is 1. The van der Waals surface area contributed by atoms with Gasteiger partial charge in [-0.2, -0.15) is 9.85 Å². The maximum atomic E-state index is 8.96. The second kappa shape index (κ2) is 7.45. The molecule has 3 rings (SSSR count). The Morgan fingerprint density at radius 3 is 2.88 bits per heavy atom. The molecular weight excluding hydrogens is 316 g/mol. The highest BCUT2D eigenvalue weighted by Crippen LogP contribution is 2.20. The van der Waals surface area contributed by atoms with E-state index in [-0.39, 0.29) is 0 Å². The molecule has 2 aliphatic rings. The van der Waals surface area contributed by atoms with Gasteiger partial charge in [-0.3, -0.25) is 4.90 Å². The molecule has 0 saturated carbocycles. The molecule has 7 heteroatoms. The van der Waals surface area contributed by atoms with Gasteiger partial charge in [0.2, 0.25) is 5.70 Å². The number of allylic oxidation sites excluding steroid dienone is 2. The average Bonchev–Trinajstić information content (AvgIpc) is 3.01. The van der Waals surface area contributed by atoms with Crippen molar-refractivity contribution < 1.29 is 9.33 Å². The summed E-state index contributed by atoms with van der Waals surface area (Å²) in [5.41, 5.74) is 7.98. The number of nitrogen functional groups attached to an aromatic ring is 1. The fourth-order valence-electron chi connectivity index (χ4n) is 2.73. The van der Waals surface area contributed by atoms with Crippen molar-refractivity contribution in [3.63, 3.8) is 0 Å². The number of anilines is 1. The van der Waals surface area contributed by atoms with E-state index in [0.29, 0.717) is 21.7 Å². The SMILES string of the molecule is C[N+]1(CCN2CCOCC2)N=CC=C1C#Cc1nc(C#N)ccc1N. The number of ether oxygens (including phenoxy) is 1. The first-order valence-corrected chi connectivity index (χ1v) is 8.21. The molecule has 25 heavy (non-hydrogen) atoms. The monoisotopic (exact) mass is 337 g/mol. The summed E-state index contributed by atoms with van der Waals surface area (Å²) >= 11 is 0. The summed E-state index contributed by atoms with van der Waals surface area (Å²) in [7, 11) is 2.03. The van der Waals surface area contributed by atoms with Crippen molar-refractivity contribution in [1.82, 2.24) is 9.88 Å². The van der Waals surface area contributed by atoms with Crippen molar-refractivity contribution in [1.29, 1.82) is 5.26 Å². The molecule has 1 saturated heterocycles. The molecule has 3 heterocycles. The van der Waals surface area contributed by atoms with Gasteiger partial charge in [-0.05, 0) is 18.1 Å². The summed E-state index contributed by atoms with van der Waals surface area (Å²) in [4.78, 5) is 6.54. The van der Waals surface area contributed by atoms with Gasteiger partial charge in [0.15, 0.2) is 0 Å². The zero-order valence-electron chi connectivity index (χ0n) is 14.3. The van der Waals surface area contributed by atoms with Gasteiger partial charge in [0, 0.05) is 25.1 Å². The number of nitriles is 1. The first-order chi connectivity index (χ1) is 12.1. The summed E-state index contributed by atoms with van der Waals surface area (Å²) in [6.45, 7) is 5.25. The molecular formula is C18H21N6O+. The quantitative estimate of drug-likeness (QED) is 0.643. The largest absolute Gasteiger partial charge is 0.396 e. The third-order valence-corrected chi connectivity index (χ3v) is 4.38. The van der Waals surface area contributed by atoms with Crippen LogP contribution >= 0.6 is 0 Å². The lowest BCUT2D eigenvalue weighted by Crippen LogP contribution is -2.45. The first-order valence-electron chi connectivity index (χ1n) is 8.21. The number of quaternary nitrogens is 1. The van der Waals surface area contributed by atoms with Crippen LogP contribution in [0.2, 0.25) is 0 Å². The lowest BCUT2D eigenvalue weighted by Gasteiger charge is -2.30. The molecule has 128 valence electrons. The van der Waals surface area contributed by atoms with Gasteiger partial charge >= 0.3 is 0 Å². The van der Waals surface area contributed by atoms with Gasteiger partial charge in [-0.1, -0.05) is 5.10 Å². The van der Waals surface area contributed by atoms with Crippen LogP contribution in [0.15, 0.2) is 29.0 Å². The van der Waals surface area contributed by atoms with Crippen LogP contribution in [0, 0.1) is 23.2 Å². The number of likely N-dealkylation sites (N-methyl/N-ethyl adjacent to an activating group) is 1. The summed E-state index contributed by atoms with van der Waals surface area (Å²) < 4.78 is 5.79. The lowest BCUT2D eigenvalue weighted by atomic mass is 10.2. The predicted octanol–water partition coefficient (Wildman–Crippen LogP) is 0.549. The maximum Gasteiger partial charge on any atom is 0.212 e.